The van der Waals surface area contributed by atoms with Gasteiger partial charge in [0.1, 0.15) is 0 Å². The Balaban J connectivity index is 0. The fourth-order valence-electron chi connectivity index (χ4n) is 1.82. The number of nitrogens with one attached hydrogen (secondary N) is 1. The molecule has 0 heterocycles. The maximum atomic E-state index is 11.3. The van der Waals surface area contributed by atoms with Crippen LogP contribution < -0.4 is 5.32 Å². The molecule has 0 aromatic rings. The Bertz CT molecular complexity index is 189. The van der Waals surface area contributed by atoms with Crippen molar-refractivity contribution < 1.29 is 29.1 Å². The van der Waals surface area contributed by atoms with E-state index in [1.165, 1.54) is 6.92 Å². The molecule has 0 saturated heterocycles. The molecule has 0 aromatic heterocycles. The Morgan fingerprint density at radius 3 is 2.00 bits per heavy atom. The number of ketones is 1. The molecule has 0 atom stereocenters. The minimum absolute atomic E-state index is 0. The number of carbonyl (C=O) groups is 1. The molecule has 1 N–H and O–H groups in total. The van der Waals surface area contributed by atoms with Crippen molar-refractivity contribution in [3.63, 3.8) is 0 Å². The molecule has 1 aliphatic rings. The molecule has 0 unspecified atom stereocenters. The molecule has 1 rings (SSSR count). The molecule has 0 spiro atoms. The predicted molar refractivity (Wildman–Crippen MR) is 56.7 cm³/mol. The van der Waals surface area contributed by atoms with Gasteiger partial charge >= 0.3 is 0 Å². The van der Waals surface area contributed by atoms with Crippen LogP contribution in [-0.2, 0) is 29.1 Å². The van der Waals surface area contributed by atoms with Gasteiger partial charge in [-0.1, -0.05) is 33.1 Å². The molecule has 1 saturated carbocycles. The zero-order valence-corrected chi connectivity index (χ0v) is 11.3. The van der Waals surface area contributed by atoms with Crippen molar-refractivity contribution in [3.8, 4) is 0 Å². The molecule has 91 valence electrons. The van der Waals surface area contributed by atoms with Gasteiger partial charge < -0.3 is 10.1 Å². The van der Waals surface area contributed by atoms with Crippen LogP contribution in [0.25, 0.3) is 0 Å². The Morgan fingerprint density at radius 1 is 1.20 bits per heavy atom. The van der Waals surface area contributed by atoms with Crippen LogP contribution in [0.4, 0.5) is 0 Å². The van der Waals surface area contributed by atoms with E-state index in [-0.39, 0.29) is 25.3 Å². The zero-order valence-electron chi connectivity index (χ0n) is 9.69. The number of rotatable bonds is 3. The monoisotopic (exact) mass is 301 g/mol. The molecular weight excluding hydrogens is 281 g/mol. The first-order valence-corrected chi connectivity index (χ1v) is 5.37. The summed E-state index contributed by atoms with van der Waals surface area (Å²) in [5.41, 5.74) is -0.583. The Labute approximate surface area is 105 Å². The molecule has 3 nitrogen and oxygen atoms in total. The molecule has 1 aliphatic carbocycles. The van der Waals surface area contributed by atoms with Crippen LogP contribution >= 0.6 is 0 Å². The number of hydrogen-bond acceptors (Lipinski definition) is 2. The summed E-state index contributed by atoms with van der Waals surface area (Å²) in [6, 6.07) is 0. The third kappa shape index (κ3) is 4.88. The predicted octanol–water partition coefficient (Wildman–Crippen LogP) is 1.96. The number of carbonyl (C=O) groups excluding carboxylic acids is 2. The second-order valence-electron chi connectivity index (χ2n) is 3.43. The summed E-state index contributed by atoms with van der Waals surface area (Å²) < 4.78 is 0. The van der Waals surface area contributed by atoms with Gasteiger partial charge in [0.05, 0.1) is 5.54 Å². The topological polar surface area (TPSA) is 46.2 Å². The second-order valence-corrected chi connectivity index (χ2v) is 3.43. The fourth-order valence-corrected chi connectivity index (χ4v) is 1.82. The van der Waals surface area contributed by atoms with Crippen molar-refractivity contribution in [3.05, 3.63) is 0 Å². The van der Waals surface area contributed by atoms with E-state index >= 15 is 0 Å². The summed E-state index contributed by atoms with van der Waals surface area (Å²) in [7, 11) is 0. The van der Waals surface area contributed by atoms with Crippen molar-refractivity contribution in [2.24, 2.45) is 0 Å². The quantitative estimate of drug-likeness (QED) is 0.492. The fraction of sp³-hybridized carbons (Fsp3) is 0.818. The minimum atomic E-state index is -0.583. The zero-order chi connectivity index (χ0) is 11.0. The van der Waals surface area contributed by atoms with E-state index in [2.05, 4.69) is 5.32 Å². The smallest absolute Gasteiger partial charge is 0.152 e. The second kappa shape index (κ2) is 9.02. The van der Waals surface area contributed by atoms with Crippen molar-refractivity contribution >= 4 is 12.2 Å². The SMILES string of the molecule is CC.CC(=O)C1(N[C-]=O)CCCCC1.[Rh]. The summed E-state index contributed by atoms with van der Waals surface area (Å²) >= 11 is 0. The molecule has 1 fully saturated rings. The molecule has 1 amide bonds. The van der Waals surface area contributed by atoms with Gasteiger partial charge in [-0.15, -0.1) is 0 Å². The minimum Gasteiger partial charge on any atom is -0.520 e. The van der Waals surface area contributed by atoms with E-state index in [0.717, 1.165) is 32.1 Å². The average Bonchev–Trinajstić information content (AvgIpc) is 2.22. The number of Topliss-reactive ketones (excluding diaryl/α,β-unsaturated/α-hetero) is 1. The van der Waals surface area contributed by atoms with Crippen LogP contribution in [0.3, 0.4) is 0 Å². The maximum Gasteiger partial charge on any atom is 0.152 e. The number of hydrogen-bond donors (Lipinski definition) is 1. The van der Waals surface area contributed by atoms with Gasteiger partial charge in [-0.2, -0.15) is 6.41 Å². The molecular formula is C11H20NO2Rh-. The first-order valence-electron chi connectivity index (χ1n) is 5.37. The van der Waals surface area contributed by atoms with E-state index in [1.807, 2.05) is 13.8 Å². The van der Waals surface area contributed by atoms with Crippen LogP contribution in [0.1, 0.15) is 52.9 Å². The summed E-state index contributed by atoms with van der Waals surface area (Å²) in [4.78, 5) is 21.5. The Morgan fingerprint density at radius 2 is 1.67 bits per heavy atom. The van der Waals surface area contributed by atoms with Gasteiger partial charge in [0.25, 0.3) is 0 Å². The molecule has 1 radical (unpaired) electrons. The van der Waals surface area contributed by atoms with Crippen molar-refractivity contribution in [1.82, 2.24) is 5.32 Å². The summed E-state index contributed by atoms with van der Waals surface area (Å²) in [5.74, 6) is 0.0607. The molecule has 15 heavy (non-hydrogen) atoms. The Kier molecular flexibility index (Phi) is 10.3. The number of amides is 1. The van der Waals surface area contributed by atoms with E-state index in [4.69, 9.17) is 0 Å². The average molecular weight is 301 g/mol. The standard InChI is InChI=1S/C9H14NO2.C2H6.Rh/c1-8(12)9(10-7-11)5-3-2-4-6-9;1-2;/h2-6H2,1H3,(H,10,11);1-2H3;/q-1;;. The van der Waals surface area contributed by atoms with E-state index in [9.17, 15) is 9.59 Å². The van der Waals surface area contributed by atoms with Crippen LogP contribution in [0.2, 0.25) is 0 Å². The van der Waals surface area contributed by atoms with E-state index in [1.54, 1.807) is 6.41 Å². The molecule has 0 aromatic carbocycles. The molecule has 0 bridgehead atoms. The van der Waals surface area contributed by atoms with Crippen LogP contribution in [-0.4, -0.2) is 17.7 Å². The van der Waals surface area contributed by atoms with Gasteiger partial charge in [-0.3, -0.25) is 4.79 Å². The first kappa shape index (κ1) is 17.2. The van der Waals surface area contributed by atoms with Gasteiger partial charge in [-0.05, 0) is 19.8 Å². The molecule has 4 heteroatoms. The maximum absolute atomic E-state index is 11.3. The first-order chi connectivity index (χ1) is 6.71. The third-order valence-corrected chi connectivity index (χ3v) is 2.67. The third-order valence-electron chi connectivity index (χ3n) is 2.67. The van der Waals surface area contributed by atoms with Gasteiger partial charge in [0, 0.05) is 19.5 Å². The Hall–Kier alpha value is -0.237. The normalized spacial score (nSPS) is 17.5. The van der Waals surface area contributed by atoms with E-state index < -0.39 is 5.54 Å². The van der Waals surface area contributed by atoms with Crippen molar-refractivity contribution in [2.45, 2.75) is 58.4 Å². The molecule has 0 aliphatic heterocycles. The van der Waals surface area contributed by atoms with E-state index in [0.29, 0.717) is 0 Å². The summed E-state index contributed by atoms with van der Waals surface area (Å²) in [6.45, 7) is 5.54. The van der Waals surface area contributed by atoms with Crippen molar-refractivity contribution in [1.29, 1.82) is 0 Å². The van der Waals surface area contributed by atoms with Crippen LogP contribution in [0, 0.1) is 0 Å². The summed E-state index contributed by atoms with van der Waals surface area (Å²) in [5, 5.41) is 2.54. The van der Waals surface area contributed by atoms with Gasteiger partial charge in [0.15, 0.2) is 5.78 Å². The largest absolute Gasteiger partial charge is 0.520 e. The summed E-state index contributed by atoms with van der Waals surface area (Å²) in [6.07, 6.45) is 6.40. The van der Waals surface area contributed by atoms with Gasteiger partial charge in [-0.25, -0.2) is 0 Å². The van der Waals surface area contributed by atoms with Crippen LogP contribution in [0.5, 0.6) is 0 Å². The van der Waals surface area contributed by atoms with Crippen molar-refractivity contribution in [2.75, 3.05) is 0 Å². The van der Waals surface area contributed by atoms with Crippen LogP contribution in [0.15, 0.2) is 0 Å². The van der Waals surface area contributed by atoms with Gasteiger partial charge in [0.2, 0.25) is 0 Å².